The van der Waals surface area contributed by atoms with E-state index in [9.17, 15) is 23.5 Å². The molecule has 31 heavy (non-hydrogen) atoms. The van der Waals surface area contributed by atoms with Gasteiger partial charge in [0, 0.05) is 11.9 Å². The lowest BCUT2D eigenvalue weighted by Crippen LogP contribution is -2.27. The second kappa shape index (κ2) is 10.3. The van der Waals surface area contributed by atoms with Crippen molar-refractivity contribution in [2.45, 2.75) is 25.6 Å². The van der Waals surface area contributed by atoms with Gasteiger partial charge in [0.2, 0.25) is 0 Å². The van der Waals surface area contributed by atoms with Gasteiger partial charge in [0.25, 0.3) is 17.5 Å². The molecule has 0 aliphatic heterocycles. The van der Waals surface area contributed by atoms with E-state index in [2.05, 4.69) is 32.2 Å². The number of aliphatic hydroxyl groups is 1. The van der Waals surface area contributed by atoms with E-state index in [0.29, 0.717) is 5.01 Å². The van der Waals surface area contributed by atoms with Gasteiger partial charge in [0.05, 0.1) is 17.8 Å². The molecule has 0 aromatic carbocycles. The van der Waals surface area contributed by atoms with E-state index in [1.165, 1.54) is 41.0 Å². The maximum atomic E-state index is 13.7. The summed E-state index contributed by atoms with van der Waals surface area (Å²) >= 11 is 1.04. The van der Waals surface area contributed by atoms with Crippen molar-refractivity contribution < 1.29 is 23.5 Å². The first kappa shape index (κ1) is 24.2. The molecular formula is C19H20F2N5O3PS. The van der Waals surface area contributed by atoms with Gasteiger partial charge in [-0.25, -0.2) is 15.0 Å². The number of nitrogens with zero attached hydrogens (tertiary/aromatic N) is 3. The fourth-order valence-electron chi connectivity index (χ4n) is 2.29. The van der Waals surface area contributed by atoms with Crippen LogP contribution in [-0.4, -0.2) is 37.5 Å². The van der Waals surface area contributed by atoms with E-state index in [0.717, 1.165) is 23.5 Å². The zero-order valence-corrected chi connectivity index (χ0v) is 18.6. The molecule has 2 unspecified atom stereocenters. The topological polar surface area (TPSA) is 117 Å². The number of alkyl halides is 2. The van der Waals surface area contributed by atoms with Crippen LogP contribution in [0.2, 0.25) is 0 Å². The Bertz CT molecular complexity index is 1030. The Morgan fingerprint density at radius 3 is 2.65 bits per heavy atom. The van der Waals surface area contributed by atoms with Crippen LogP contribution in [0, 0.1) is 0 Å². The fourth-order valence-corrected chi connectivity index (χ4v) is 3.34. The van der Waals surface area contributed by atoms with Gasteiger partial charge in [0.15, 0.2) is 0 Å². The molecule has 2 amide bonds. The number of amides is 2. The van der Waals surface area contributed by atoms with Gasteiger partial charge < -0.3 is 15.7 Å². The monoisotopic (exact) mass is 467 g/mol. The molecule has 2 rings (SSSR count). The number of hydrogen-bond acceptors (Lipinski definition) is 7. The van der Waals surface area contributed by atoms with Crippen molar-refractivity contribution in [2.75, 3.05) is 0 Å². The number of allylic oxidation sites excluding steroid dienone is 4. The van der Waals surface area contributed by atoms with Crippen LogP contribution >= 0.6 is 20.6 Å². The van der Waals surface area contributed by atoms with Gasteiger partial charge in [-0.3, -0.25) is 9.59 Å². The minimum absolute atomic E-state index is 0.0792. The van der Waals surface area contributed by atoms with Crippen LogP contribution in [0.25, 0.3) is 0 Å². The number of hydrogen-bond donors (Lipinski definition) is 3. The smallest absolute Gasteiger partial charge is 0.287 e. The van der Waals surface area contributed by atoms with Gasteiger partial charge in [-0.05, 0) is 32.1 Å². The Morgan fingerprint density at radius 2 is 2.06 bits per heavy atom. The molecule has 3 N–H and O–H groups in total. The van der Waals surface area contributed by atoms with Gasteiger partial charge in [-0.15, -0.1) is 11.3 Å². The minimum atomic E-state index is -3.42. The van der Waals surface area contributed by atoms with Crippen molar-refractivity contribution >= 4 is 32.4 Å². The zero-order valence-electron chi connectivity index (χ0n) is 16.6. The summed E-state index contributed by atoms with van der Waals surface area (Å²) in [4.78, 5) is 36.5. The summed E-state index contributed by atoms with van der Waals surface area (Å²) in [5.41, 5.74) is -3.86. The normalized spacial score (nSPS) is 13.8. The quantitative estimate of drug-likeness (QED) is 0.311. The Labute approximate surface area is 183 Å². The van der Waals surface area contributed by atoms with Crippen molar-refractivity contribution in [3.63, 3.8) is 0 Å². The van der Waals surface area contributed by atoms with Crippen LogP contribution in [-0.2, 0) is 0 Å². The summed E-state index contributed by atoms with van der Waals surface area (Å²) < 4.78 is 27.3. The van der Waals surface area contributed by atoms with Gasteiger partial charge in [-0.1, -0.05) is 15.8 Å². The van der Waals surface area contributed by atoms with Gasteiger partial charge >= 0.3 is 0 Å². The molecule has 0 aliphatic carbocycles. The van der Waals surface area contributed by atoms with Crippen molar-refractivity contribution in [2.24, 2.45) is 0 Å². The van der Waals surface area contributed by atoms with Crippen molar-refractivity contribution in [1.29, 1.82) is 0 Å². The summed E-state index contributed by atoms with van der Waals surface area (Å²) in [6, 6.07) is 0.962. The van der Waals surface area contributed by atoms with E-state index >= 15 is 0 Å². The van der Waals surface area contributed by atoms with Gasteiger partial charge in [-0.2, -0.15) is 8.78 Å². The summed E-state index contributed by atoms with van der Waals surface area (Å²) in [5.74, 6) is -1.70. The Balaban J connectivity index is 2.09. The maximum Gasteiger partial charge on any atom is 0.287 e. The Kier molecular flexibility index (Phi) is 8.07. The van der Waals surface area contributed by atoms with E-state index in [1.54, 1.807) is 6.92 Å². The maximum absolute atomic E-state index is 13.7. The lowest BCUT2D eigenvalue weighted by molar-refractivity contribution is 0.0932. The summed E-state index contributed by atoms with van der Waals surface area (Å²) in [7, 11) is 1.31. The molecule has 164 valence electrons. The molecule has 2 atom stereocenters. The predicted octanol–water partition coefficient (Wildman–Crippen LogP) is 3.52. The largest absolute Gasteiger partial charge is 0.507 e. The van der Waals surface area contributed by atoms with Crippen molar-refractivity contribution in [3.05, 3.63) is 76.1 Å². The SMILES string of the molecule is C=C/C(O)=C(\C=C(/C)NC(=O)c1cnc(C(C)NC(=O)c2ccncn2)s1)C(F)(F)P. The minimum Gasteiger partial charge on any atom is -0.507 e. The van der Waals surface area contributed by atoms with Crippen molar-refractivity contribution in [1.82, 2.24) is 25.6 Å². The first-order valence-corrected chi connectivity index (χ1v) is 10.2. The molecule has 0 aliphatic rings. The highest BCUT2D eigenvalue weighted by Crippen LogP contribution is 2.34. The van der Waals surface area contributed by atoms with Gasteiger partial charge in [0.1, 0.15) is 27.7 Å². The lowest BCUT2D eigenvalue weighted by atomic mass is 10.2. The standard InChI is InChI=1S/C19H20F2N5O3PS/c1-4-14(27)12(19(20,21)30)7-10(2)25-17(29)15-8-23-18(31-15)11(3)26-16(28)13-5-6-22-9-24-13/h4-9,11,27H,1,30H2,2-3H3,(H,25,29)(H,26,28)/b10-7+,14-12-. The van der Waals surface area contributed by atoms with E-state index < -0.39 is 34.9 Å². The molecule has 2 aromatic heterocycles. The molecule has 0 saturated carbocycles. The molecule has 0 fully saturated rings. The van der Waals surface area contributed by atoms with E-state index in [1.807, 2.05) is 0 Å². The number of halogens is 2. The third kappa shape index (κ3) is 6.73. The van der Waals surface area contributed by atoms with Crippen LogP contribution in [0.3, 0.4) is 0 Å². The second-order valence-corrected chi connectivity index (χ2v) is 8.05. The van der Waals surface area contributed by atoms with Crippen LogP contribution in [0.15, 0.2) is 60.5 Å². The molecule has 0 radical (unpaired) electrons. The highest BCUT2D eigenvalue weighted by molar-refractivity contribution is 7.18. The molecule has 12 heteroatoms. The number of carbonyl (C=O) groups excluding carboxylic acids is 2. The Morgan fingerprint density at radius 1 is 1.35 bits per heavy atom. The van der Waals surface area contributed by atoms with Crippen molar-refractivity contribution in [3.8, 4) is 0 Å². The number of thiazole rings is 1. The van der Waals surface area contributed by atoms with Crippen LogP contribution in [0.4, 0.5) is 8.78 Å². The average molecular weight is 467 g/mol. The summed E-state index contributed by atoms with van der Waals surface area (Å²) in [6.45, 7) is 6.35. The summed E-state index contributed by atoms with van der Waals surface area (Å²) in [5, 5.41) is 15.3. The first-order chi connectivity index (χ1) is 14.5. The lowest BCUT2D eigenvalue weighted by Gasteiger charge is -2.14. The van der Waals surface area contributed by atoms with Crippen LogP contribution < -0.4 is 10.6 Å². The number of aliphatic hydroxyl groups excluding tert-OH is 1. The summed E-state index contributed by atoms with van der Waals surface area (Å²) in [6.07, 6.45) is 5.85. The zero-order chi connectivity index (χ0) is 23.2. The first-order valence-electron chi connectivity index (χ1n) is 8.78. The molecular weight excluding hydrogens is 447 g/mol. The van der Waals surface area contributed by atoms with E-state index in [-0.39, 0.29) is 16.3 Å². The van der Waals surface area contributed by atoms with Crippen LogP contribution in [0.5, 0.6) is 0 Å². The third-order valence-corrected chi connectivity index (χ3v) is 5.27. The second-order valence-electron chi connectivity index (χ2n) is 6.26. The highest BCUT2D eigenvalue weighted by Gasteiger charge is 2.29. The number of carbonyl (C=O) groups is 2. The average Bonchev–Trinajstić information content (AvgIpc) is 3.22. The number of aromatic nitrogens is 3. The number of rotatable bonds is 8. The molecule has 2 heterocycles. The highest BCUT2D eigenvalue weighted by atomic mass is 32.1. The van der Waals surface area contributed by atoms with Crippen LogP contribution in [0.1, 0.15) is 45.1 Å². The molecule has 0 spiro atoms. The third-order valence-electron chi connectivity index (χ3n) is 3.78. The molecule has 2 aromatic rings. The number of nitrogens with one attached hydrogen (secondary N) is 2. The molecule has 8 nitrogen and oxygen atoms in total. The van der Waals surface area contributed by atoms with E-state index in [4.69, 9.17) is 0 Å². The Hall–Kier alpha value is -3.04. The molecule has 0 saturated heterocycles. The predicted molar refractivity (Wildman–Crippen MR) is 116 cm³/mol. The fraction of sp³-hybridized carbons (Fsp3) is 0.211. The molecule has 0 bridgehead atoms.